The topological polar surface area (TPSA) is 115 Å². The van der Waals surface area contributed by atoms with Crippen molar-refractivity contribution in [3.63, 3.8) is 0 Å². The van der Waals surface area contributed by atoms with Crippen molar-refractivity contribution in [3.8, 4) is 0 Å². The van der Waals surface area contributed by atoms with Gasteiger partial charge in [0, 0.05) is 12.7 Å². The van der Waals surface area contributed by atoms with Crippen molar-refractivity contribution < 1.29 is 8.42 Å². The van der Waals surface area contributed by atoms with Gasteiger partial charge in [-0.15, -0.1) is 5.10 Å². The highest BCUT2D eigenvalue weighted by molar-refractivity contribution is 7.92. The second-order valence-electron chi connectivity index (χ2n) is 5.92. The van der Waals surface area contributed by atoms with Crippen molar-refractivity contribution in [1.82, 2.24) is 25.0 Å². The second kappa shape index (κ2) is 7.61. The maximum atomic E-state index is 12.7. The molecule has 0 radical (unpaired) electrons. The minimum atomic E-state index is -3.79. The van der Waals surface area contributed by atoms with E-state index in [9.17, 15) is 8.42 Å². The Balaban J connectivity index is 1.65. The Labute approximate surface area is 161 Å². The van der Waals surface area contributed by atoms with Gasteiger partial charge in [0.1, 0.15) is 0 Å². The predicted molar refractivity (Wildman–Crippen MR) is 105 cm³/mol. The van der Waals surface area contributed by atoms with Gasteiger partial charge in [0.05, 0.1) is 28.7 Å². The van der Waals surface area contributed by atoms with Crippen molar-refractivity contribution in [2.45, 2.75) is 11.4 Å². The number of nitrogens with zero attached hydrogens (tertiary/aromatic N) is 5. The van der Waals surface area contributed by atoms with Crippen molar-refractivity contribution in [2.75, 3.05) is 16.6 Å². The molecule has 0 aliphatic carbocycles. The van der Waals surface area contributed by atoms with Crippen molar-refractivity contribution in [3.05, 3.63) is 67.0 Å². The highest BCUT2D eigenvalue weighted by atomic mass is 32.2. The summed E-state index contributed by atoms with van der Waals surface area (Å²) < 4.78 is 29.6. The Morgan fingerprint density at radius 2 is 1.57 bits per heavy atom. The molecule has 2 aromatic heterocycles. The molecule has 0 saturated carbocycles. The Morgan fingerprint density at radius 1 is 0.893 bits per heavy atom. The fourth-order valence-electron chi connectivity index (χ4n) is 2.62. The molecule has 0 fully saturated rings. The number of para-hydroxylation sites is 2. The molecule has 0 aliphatic heterocycles. The number of benzene rings is 2. The van der Waals surface area contributed by atoms with E-state index in [0.717, 1.165) is 0 Å². The third-order valence-corrected chi connectivity index (χ3v) is 5.32. The number of hydrogen-bond acceptors (Lipinski definition) is 7. The summed E-state index contributed by atoms with van der Waals surface area (Å²) in [6.45, 7) is 1.01. The number of rotatable bonds is 7. The third kappa shape index (κ3) is 3.91. The van der Waals surface area contributed by atoms with Crippen LogP contribution in [0.1, 0.15) is 0 Å². The van der Waals surface area contributed by atoms with Crippen molar-refractivity contribution in [2.24, 2.45) is 0 Å². The van der Waals surface area contributed by atoms with E-state index in [-0.39, 0.29) is 10.7 Å². The second-order valence-corrected chi connectivity index (χ2v) is 7.60. The quantitative estimate of drug-likeness (QED) is 0.493. The zero-order chi connectivity index (χ0) is 19.4. The molecule has 0 atom stereocenters. The molecule has 0 bridgehead atoms. The zero-order valence-electron chi connectivity index (χ0n) is 14.7. The molecule has 0 aliphatic rings. The lowest BCUT2D eigenvalue weighted by molar-refractivity contribution is 0.601. The molecule has 0 amide bonds. The minimum Gasteiger partial charge on any atom is -0.365 e. The molecule has 0 spiro atoms. The number of anilines is 2. The fourth-order valence-corrected chi connectivity index (χ4v) is 3.65. The molecule has 10 heteroatoms. The molecule has 2 N–H and O–H groups in total. The third-order valence-electron chi connectivity index (χ3n) is 3.96. The average Bonchev–Trinajstić information content (AvgIpc) is 3.22. The number of fused-ring (bicyclic) bond motifs is 1. The molecule has 2 heterocycles. The summed E-state index contributed by atoms with van der Waals surface area (Å²) in [5.74, 6) is 0.486. The van der Waals surface area contributed by atoms with E-state index in [1.807, 2.05) is 18.2 Å². The first-order valence-electron chi connectivity index (χ1n) is 8.54. The molecule has 2 aromatic carbocycles. The summed E-state index contributed by atoms with van der Waals surface area (Å²) in [5.41, 5.74) is 1.25. The summed E-state index contributed by atoms with van der Waals surface area (Å²) in [6, 6.07) is 15.4. The van der Waals surface area contributed by atoms with Gasteiger partial charge in [0.2, 0.25) is 0 Å². The largest absolute Gasteiger partial charge is 0.365 e. The highest BCUT2D eigenvalue weighted by Gasteiger charge is 2.18. The van der Waals surface area contributed by atoms with Gasteiger partial charge in [-0.2, -0.15) is 0 Å². The number of aromatic nitrogens is 5. The van der Waals surface area contributed by atoms with Gasteiger partial charge in [-0.3, -0.25) is 9.40 Å². The number of nitrogens with one attached hydrogen (secondary N) is 2. The van der Waals surface area contributed by atoms with Crippen LogP contribution in [0.4, 0.5) is 11.6 Å². The van der Waals surface area contributed by atoms with E-state index in [1.54, 1.807) is 41.3 Å². The van der Waals surface area contributed by atoms with Gasteiger partial charge >= 0.3 is 0 Å². The van der Waals surface area contributed by atoms with E-state index in [4.69, 9.17) is 0 Å². The summed E-state index contributed by atoms with van der Waals surface area (Å²) >= 11 is 0. The van der Waals surface area contributed by atoms with E-state index >= 15 is 0 Å². The molecule has 142 valence electrons. The first-order chi connectivity index (χ1) is 13.6. The average molecular weight is 395 g/mol. The van der Waals surface area contributed by atoms with Crippen LogP contribution in [0.2, 0.25) is 0 Å². The van der Waals surface area contributed by atoms with Crippen LogP contribution in [0, 0.1) is 0 Å². The fraction of sp³-hybridized carbons (Fsp3) is 0.111. The lowest BCUT2D eigenvalue weighted by Gasteiger charge is -2.13. The monoisotopic (exact) mass is 395 g/mol. The number of hydrogen-bond donors (Lipinski definition) is 2. The first-order valence-corrected chi connectivity index (χ1v) is 10.0. The van der Waals surface area contributed by atoms with Crippen LogP contribution in [0.5, 0.6) is 0 Å². The SMILES string of the molecule is O=S(=O)(Nc1nc2ccccc2nc1NCCn1ccnn1)c1ccccc1. The smallest absolute Gasteiger partial charge is 0.263 e. The molecule has 0 unspecified atom stereocenters. The van der Waals surface area contributed by atoms with Gasteiger partial charge in [-0.05, 0) is 24.3 Å². The van der Waals surface area contributed by atoms with Crippen LogP contribution in [0.25, 0.3) is 11.0 Å². The summed E-state index contributed by atoms with van der Waals surface area (Å²) in [4.78, 5) is 9.13. The Kier molecular flexibility index (Phi) is 4.85. The summed E-state index contributed by atoms with van der Waals surface area (Å²) in [6.07, 6.45) is 3.34. The molecular weight excluding hydrogens is 378 g/mol. The maximum absolute atomic E-state index is 12.7. The van der Waals surface area contributed by atoms with Gasteiger partial charge < -0.3 is 5.32 Å². The van der Waals surface area contributed by atoms with Crippen LogP contribution in [0.15, 0.2) is 71.9 Å². The van der Waals surface area contributed by atoms with Gasteiger partial charge in [0.15, 0.2) is 11.6 Å². The summed E-state index contributed by atoms with van der Waals surface area (Å²) in [5, 5.41) is 10.8. The van der Waals surface area contributed by atoms with Crippen molar-refractivity contribution >= 4 is 32.7 Å². The standard InChI is InChI=1S/C18H17N7O2S/c26-28(27,14-6-2-1-3-7-14)23-18-17(19-10-12-25-13-11-20-24-25)21-15-8-4-5-9-16(15)22-18/h1-9,11,13H,10,12H2,(H,19,21)(H,22,23). The summed E-state index contributed by atoms with van der Waals surface area (Å²) in [7, 11) is -3.79. The van der Waals surface area contributed by atoms with Crippen LogP contribution in [-0.2, 0) is 16.6 Å². The molecular formula is C18H17N7O2S. The van der Waals surface area contributed by atoms with E-state index in [2.05, 4.69) is 30.3 Å². The van der Waals surface area contributed by atoms with Gasteiger partial charge in [-0.25, -0.2) is 18.4 Å². The number of sulfonamides is 1. The zero-order valence-corrected chi connectivity index (χ0v) is 15.5. The first kappa shape index (κ1) is 17.9. The lowest BCUT2D eigenvalue weighted by Crippen LogP contribution is -2.18. The van der Waals surface area contributed by atoms with Gasteiger partial charge in [-0.1, -0.05) is 35.5 Å². The van der Waals surface area contributed by atoms with Crippen LogP contribution in [-0.4, -0.2) is 39.9 Å². The van der Waals surface area contributed by atoms with E-state index in [1.165, 1.54) is 12.1 Å². The molecule has 28 heavy (non-hydrogen) atoms. The molecule has 9 nitrogen and oxygen atoms in total. The molecule has 4 aromatic rings. The normalized spacial score (nSPS) is 11.4. The maximum Gasteiger partial charge on any atom is 0.263 e. The van der Waals surface area contributed by atoms with Crippen LogP contribution < -0.4 is 10.0 Å². The van der Waals surface area contributed by atoms with E-state index in [0.29, 0.717) is 29.9 Å². The Morgan fingerprint density at radius 3 is 2.25 bits per heavy atom. The predicted octanol–water partition coefficient (Wildman–Crippen LogP) is 2.13. The van der Waals surface area contributed by atoms with E-state index < -0.39 is 10.0 Å². The van der Waals surface area contributed by atoms with Crippen LogP contribution in [0.3, 0.4) is 0 Å². The lowest BCUT2D eigenvalue weighted by atomic mass is 10.3. The minimum absolute atomic E-state index is 0.140. The highest BCUT2D eigenvalue weighted by Crippen LogP contribution is 2.24. The Hall–Kier alpha value is -3.53. The molecule has 0 saturated heterocycles. The van der Waals surface area contributed by atoms with Crippen LogP contribution >= 0.6 is 0 Å². The molecule has 4 rings (SSSR count). The Bertz CT molecular complexity index is 1180. The van der Waals surface area contributed by atoms with Crippen molar-refractivity contribution in [1.29, 1.82) is 0 Å². The van der Waals surface area contributed by atoms with Gasteiger partial charge in [0.25, 0.3) is 10.0 Å².